The first-order chi connectivity index (χ1) is 13.6. The molecule has 1 atom stereocenters. The predicted octanol–water partition coefficient (Wildman–Crippen LogP) is 2.32. The zero-order chi connectivity index (χ0) is 19.7. The average molecular weight is 379 g/mol. The zero-order valence-corrected chi connectivity index (χ0v) is 15.8. The number of amides is 1. The maximum atomic E-state index is 13.0. The van der Waals surface area contributed by atoms with Crippen molar-refractivity contribution in [1.82, 2.24) is 25.0 Å². The molecule has 144 valence electrons. The highest BCUT2D eigenvalue weighted by molar-refractivity contribution is 5.96. The summed E-state index contributed by atoms with van der Waals surface area (Å²) in [5.41, 5.74) is 2.46. The molecular formula is C20H21N5O3. The third kappa shape index (κ3) is 3.33. The van der Waals surface area contributed by atoms with Crippen molar-refractivity contribution in [2.45, 2.75) is 32.6 Å². The maximum absolute atomic E-state index is 13.0. The van der Waals surface area contributed by atoms with Gasteiger partial charge in [-0.1, -0.05) is 12.1 Å². The topological polar surface area (TPSA) is 105 Å². The predicted molar refractivity (Wildman–Crippen MR) is 102 cm³/mol. The van der Waals surface area contributed by atoms with Gasteiger partial charge in [0.05, 0.1) is 11.4 Å². The number of carbonyl (C=O) groups excluding carboxylic acids is 1. The van der Waals surface area contributed by atoms with Crippen LogP contribution in [-0.2, 0) is 6.42 Å². The molecule has 0 unspecified atom stereocenters. The monoisotopic (exact) mass is 379 g/mol. The van der Waals surface area contributed by atoms with Gasteiger partial charge >= 0.3 is 0 Å². The van der Waals surface area contributed by atoms with E-state index in [2.05, 4.69) is 20.1 Å². The summed E-state index contributed by atoms with van der Waals surface area (Å²) < 4.78 is 5.20. The number of aromatic nitrogens is 4. The van der Waals surface area contributed by atoms with Crippen LogP contribution in [0.15, 0.2) is 39.9 Å². The highest BCUT2D eigenvalue weighted by Gasteiger charge is 2.32. The second-order valence-corrected chi connectivity index (χ2v) is 6.90. The summed E-state index contributed by atoms with van der Waals surface area (Å²) in [4.78, 5) is 38.4. The Bertz CT molecular complexity index is 1060. The Kier molecular flexibility index (Phi) is 4.77. The Labute approximate surface area is 161 Å². The van der Waals surface area contributed by atoms with Gasteiger partial charge < -0.3 is 14.4 Å². The van der Waals surface area contributed by atoms with E-state index < -0.39 is 0 Å². The van der Waals surface area contributed by atoms with E-state index in [1.165, 1.54) is 6.07 Å². The van der Waals surface area contributed by atoms with Crippen LogP contribution in [-0.4, -0.2) is 44.0 Å². The molecule has 1 fully saturated rings. The number of nitrogens with one attached hydrogen (secondary N) is 1. The van der Waals surface area contributed by atoms with Crippen LogP contribution in [0.1, 0.15) is 46.9 Å². The Balaban J connectivity index is 1.58. The van der Waals surface area contributed by atoms with Crippen LogP contribution in [0.25, 0.3) is 11.3 Å². The first-order valence-corrected chi connectivity index (χ1v) is 9.33. The lowest BCUT2D eigenvalue weighted by molar-refractivity contribution is 0.0788. The van der Waals surface area contributed by atoms with Crippen molar-refractivity contribution in [3.05, 3.63) is 63.8 Å². The summed E-state index contributed by atoms with van der Waals surface area (Å²) in [6, 6.07) is 5.11. The van der Waals surface area contributed by atoms with Crippen molar-refractivity contribution in [3.8, 4) is 11.3 Å². The molecule has 1 aliphatic rings. The summed E-state index contributed by atoms with van der Waals surface area (Å²) in [5.74, 6) is 1.04. The number of pyridine rings is 1. The maximum Gasteiger partial charge on any atom is 0.259 e. The zero-order valence-electron chi connectivity index (χ0n) is 15.8. The smallest absolute Gasteiger partial charge is 0.259 e. The second-order valence-electron chi connectivity index (χ2n) is 6.90. The Hall–Kier alpha value is -3.29. The molecule has 0 aliphatic carbocycles. The Morgan fingerprint density at radius 2 is 2.14 bits per heavy atom. The summed E-state index contributed by atoms with van der Waals surface area (Å²) in [5, 5.41) is 3.97. The molecule has 0 spiro atoms. The Morgan fingerprint density at radius 1 is 1.36 bits per heavy atom. The van der Waals surface area contributed by atoms with E-state index in [0.717, 1.165) is 12.0 Å². The van der Waals surface area contributed by atoms with Crippen molar-refractivity contribution in [3.63, 3.8) is 0 Å². The molecule has 3 aromatic heterocycles. The molecule has 0 aromatic carbocycles. The van der Waals surface area contributed by atoms with E-state index in [9.17, 15) is 9.59 Å². The van der Waals surface area contributed by atoms with Gasteiger partial charge in [-0.3, -0.25) is 14.6 Å². The Morgan fingerprint density at radius 3 is 2.89 bits per heavy atom. The van der Waals surface area contributed by atoms with Crippen LogP contribution >= 0.6 is 0 Å². The number of aromatic amines is 1. The van der Waals surface area contributed by atoms with E-state index in [1.807, 2.05) is 19.1 Å². The van der Waals surface area contributed by atoms with E-state index in [0.29, 0.717) is 48.0 Å². The lowest BCUT2D eigenvalue weighted by Crippen LogP contribution is -2.29. The summed E-state index contributed by atoms with van der Waals surface area (Å²) in [6.07, 6.45) is 4.71. The van der Waals surface area contributed by atoms with E-state index in [4.69, 9.17) is 4.52 Å². The van der Waals surface area contributed by atoms with Gasteiger partial charge in [-0.05, 0) is 31.9 Å². The fourth-order valence-electron chi connectivity index (χ4n) is 3.60. The SMILES string of the molecule is CCc1noc(C)c1C(=O)N1CC[C@H](c2nc(-c3ccncc3)cc(=O)[nH]2)C1. The molecule has 4 heterocycles. The van der Waals surface area contributed by atoms with Crippen molar-refractivity contribution >= 4 is 5.91 Å². The number of hydrogen-bond acceptors (Lipinski definition) is 6. The second kappa shape index (κ2) is 7.38. The van der Waals surface area contributed by atoms with Crippen molar-refractivity contribution in [2.75, 3.05) is 13.1 Å². The lowest BCUT2D eigenvalue weighted by atomic mass is 10.1. The molecule has 8 nitrogen and oxygen atoms in total. The molecule has 1 saturated heterocycles. The normalized spacial score (nSPS) is 16.5. The van der Waals surface area contributed by atoms with Crippen molar-refractivity contribution in [2.24, 2.45) is 0 Å². The van der Waals surface area contributed by atoms with Crippen LogP contribution in [0, 0.1) is 6.92 Å². The van der Waals surface area contributed by atoms with Gasteiger partial charge in [0.15, 0.2) is 0 Å². The average Bonchev–Trinajstić information content (AvgIpc) is 3.34. The van der Waals surface area contributed by atoms with Crippen LogP contribution < -0.4 is 5.56 Å². The minimum Gasteiger partial charge on any atom is -0.361 e. The van der Waals surface area contributed by atoms with Crippen LogP contribution in [0.3, 0.4) is 0 Å². The molecule has 1 amide bonds. The van der Waals surface area contributed by atoms with E-state index in [-0.39, 0.29) is 17.4 Å². The van der Waals surface area contributed by atoms with E-state index >= 15 is 0 Å². The highest BCUT2D eigenvalue weighted by atomic mass is 16.5. The summed E-state index contributed by atoms with van der Waals surface area (Å²) in [6.45, 7) is 4.79. The van der Waals surface area contributed by atoms with Crippen molar-refractivity contribution in [1.29, 1.82) is 0 Å². The molecule has 28 heavy (non-hydrogen) atoms. The molecule has 0 radical (unpaired) electrons. The summed E-state index contributed by atoms with van der Waals surface area (Å²) >= 11 is 0. The van der Waals surface area contributed by atoms with Gasteiger partial charge in [-0.25, -0.2) is 4.98 Å². The molecule has 4 rings (SSSR count). The number of aryl methyl sites for hydroxylation is 2. The first-order valence-electron chi connectivity index (χ1n) is 9.33. The third-order valence-electron chi connectivity index (χ3n) is 5.08. The van der Waals surface area contributed by atoms with Crippen LogP contribution in [0.4, 0.5) is 0 Å². The number of likely N-dealkylation sites (tertiary alicyclic amines) is 1. The minimum atomic E-state index is -0.204. The van der Waals surface area contributed by atoms with E-state index in [1.54, 1.807) is 24.2 Å². The van der Waals surface area contributed by atoms with Gasteiger partial charge in [-0.15, -0.1) is 0 Å². The van der Waals surface area contributed by atoms with Gasteiger partial charge in [0.25, 0.3) is 11.5 Å². The standard InChI is InChI=1S/C20H21N5O3/c1-3-15-18(12(2)28-24-15)20(27)25-9-6-14(11-25)19-22-16(10-17(26)23-19)13-4-7-21-8-5-13/h4-5,7-8,10,14H,3,6,9,11H2,1-2H3,(H,22,23,26)/t14-/m0/s1. The highest BCUT2D eigenvalue weighted by Crippen LogP contribution is 2.28. The van der Waals surface area contributed by atoms with Gasteiger partial charge in [-0.2, -0.15) is 0 Å². The lowest BCUT2D eigenvalue weighted by Gasteiger charge is -2.16. The molecule has 0 bridgehead atoms. The number of carbonyl (C=O) groups is 1. The molecule has 3 aromatic rings. The summed E-state index contributed by atoms with van der Waals surface area (Å²) in [7, 11) is 0. The molecule has 8 heteroatoms. The molecule has 0 saturated carbocycles. The fourth-order valence-corrected chi connectivity index (χ4v) is 3.60. The minimum absolute atomic E-state index is 0.0244. The molecular weight excluding hydrogens is 358 g/mol. The number of nitrogens with zero attached hydrogens (tertiary/aromatic N) is 4. The van der Waals surface area contributed by atoms with Gasteiger partial charge in [0.2, 0.25) is 0 Å². The first kappa shape index (κ1) is 18.1. The van der Waals surface area contributed by atoms with Crippen molar-refractivity contribution < 1.29 is 9.32 Å². The number of hydrogen-bond donors (Lipinski definition) is 1. The van der Waals surface area contributed by atoms with Gasteiger partial charge in [0, 0.05) is 43.0 Å². The number of H-pyrrole nitrogens is 1. The molecule has 1 aliphatic heterocycles. The van der Waals surface area contributed by atoms with Crippen LogP contribution in [0.2, 0.25) is 0 Å². The van der Waals surface area contributed by atoms with Gasteiger partial charge in [0.1, 0.15) is 17.1 Å². The largest absolute Gasteiger partial charge is 0.361 e. The molecule has 1 N–H and O–H groups in total. The van der Waals surface area contributed by atoms with Crippen LogP contribution in [0.5, 0.6) is 0 Å². The fraction of sp³-hybridized carbons (Fsp3) is 0.350. The number of rotatable bonds is 4. The quantitative estimate of drug-likeness (QED) is 0.746. The third-order valence-corrected chi connectivity index (χ3v) is 5.08.